The van der Waals surface area contributed by atoms with Crippen LogP contribution >= 0.6 is 0 Å². The summed E-state index contributed by atoms with van der Waals surface area (Å²) in [6.07, 6.45) is -2.40. The molecule has 3 aromatic carbocycles. The van der Waals surface area contributed by atoms with Gasteiger partial charge in [-0.3, -0.25) is 0 Å². The van der Waals surface area contributed by atoms with Crippen molar-refractivity contribution in [3.05, 3.63) is 108 Å². The highest BCUT2D eigenvalue weighted by atomic mass is 16.7. The van der Waals surface area contributed by atoms with Gasteiger partial charge in [0.2, 0.25) is 0 Å². The van der Waals surface area contributed by atoms with Crippen molar-refractivity contribution in [2.75, 3.05) is 13.7 Å². The number of ether oxygens (including phenoxy) is 5. The van der Waals surface area contributed by atoms with Gasteiger partial charge in [-0.1, -0.05) is 91.0 Å². The lowest BCUT2D eigenvalue weighted by Crippen LogP contribution is -2.62. The van der Waals surface area contributed by atoms with Crippen LogP contribution in [0.15, 0.2) is 91.0 Å². The molecule has 2 N–H and O–H groups in total. The summed E-state index contributed by atoms with van der Waals surface area (Å²) in [5, 5.41) is 0. The van der Waals surface area contributed by atoms with E-state index >= 15 is 0 Å². The highest BCUT2D eigenvalue weighted by molar-refractivity contribution is 5.15. The van der Waals surface area contributed by atoms with E-state index in [0.29, 0.717) is 19.8 Å². The second kappa shape index (κ2) is 12.8. The van der Waals surface area contributed by atoms with Gasteiger partial charge < -0.3 is 29.4 Å². The third-order valence-electron chi connectivity index (χ3n) is 5.91. The smallest absolute Gasteiger partial charge is 0.186 e. The lowest BCUT2D eigenvalue weighted by Gasteiger charge is -2.45. The van der Waals surface area contributed by atoms with Gasteiger partial charge in [0.05, 0.1) is 19.8 Å². The molecule has 1 aliphatic rings. The van der Waals surface area contributed by atoms with Crippen LogP contribution in [0.4, 0.5) is 0 Å². The number of benzene rings is 3. The van der Waals surface area contributed by atoms with Gasteiger partial charge in [-0.2, -0.15) is 0 Å². The molecule has 4 rings (SSSR count). The molecule has 6 heteroatoms. The Morgan fingerprint density at radius 2 is 1.03 bits per heavy atom. The first-order valence-electron chi connectivity index (χ1n) is 11.6. The van der Waals surface area contributed by atoms with Crippen molar-refractivity contribution < 1.29 is 23.7 Å². The molecule has 180 valence electrons. The van der Waals surface area contributed by atoms with Crippen molar-refractivity contribution in [3.8, 4) is 0 Å². The Morgan fingerprint density at radius 1 is 0.618 bits per heavy atom. The monoisotopic (exact) mass is 463 g/mol. The van der Waals surface area contributed by atoms with Gasteiger partial charge in [0, 0.05) is 13.7 Å². The Morgan fingerprint density at radius 3 is 1.44 bits per heavy atom. The van der Waals surface area contributed by atoms with Gasteiger partial charge in [0.25, 0.3) is 0 Å². The van der Waals surface area contributed by atoms with Crippen LogP contribution in [-0.4, -0.2) is 44.4 Å². The van der Waals surface area contributed by atoms with Gasteiger partial charge in [0.1, 0.15) is 24.4 Å². The third-order valence-corrected chi connectivity index (χ3v) is 5.91. The fraction of sp³-hybridized carbons (Fsp3) is 0.357. The van der Waals surface area contributed by atoms with Gasteiger partial charge in [-0.15, -0.1) is 0 Å². The molecule has 1 heterocycles. The summed E-state index contributed by atoms with van der Waals surface area (Å²) >= 11 is 0. The number of rotatable bonds is 11. The summed E-state index contributed by atoms with van der Waals surface area (Å²) in [6, 6.07) is 30.1. The van der Waals surface area contributed by atoms with E-state index in [0.717, 1.165) is 16.7 Å². The molecule has 1 fully saturated rings. The summed E-state index contributed by atoms with van der Waals surface area (Å²) in [5.41, 5.74) is 9.29. The minimum Gasteiger partial charge on any atom is -0.368 e. The summed E-state index contributed by atoms with van der Waals surface area (Å²) in [4.78, 5) is 0. The maximum absolute atomic E-state index is 6.47. The molecule has 0 spiro atoms. The highest BCUT2D eigenvalue weighted by Gasteiger charge is 2.48. The third kappa shape index (κ3) is 6.51. The SMILES string of the molecule is CO[C@@H]1O[C@H](CN)[C@@H](OCc2ccccc2)[C@H](OCc2ccccc2)[C@H]1OCc1ccccc1. The standard InChI is InChI=1S/C28H33NO5/c1-30-28-27(33-20-23-15-9-4-10-16-23)26(32-19-22-13-7-3-8-14-22)25(24(17-29)34-28)31-18-21-11-5-2-6-12-21/h2-16,24-28H,17-20,29H2,1H3/t24-,25-,26+,27-,28-/m1/s1. The normalized spacial score (nSPS) is 24.7. The Kier molecular flexibility index (Phi) is 9.21. The Hall–Kier alpha value is -2.58. The molecule has 0 aromatic heterocycles. The van der Waals surface area contributed by atoms with Gasteiger partial charge >= 0.3 is 0 Å². The van der Waals surface area contributed by atoms with Gasteiger partial charge in [-0.25, -0.2) is 0 Å². The van der Waals surface area contributed by atoms with E-state index in [1.165, 1.54) is 0 Å². The topological polar surface area (TPSA) is 72.2 Å². The van der Waals surface area contributed by atoms with Gasteiger partial charge in [0.15, 0.2) is 6.29 Å². The number of hydrogen-bond acceptors (Lipinski definition) is 6. The predicted molar refractivity (Wildman–Crippen MR) is 130 cm³/mol. The van der Waals surface area contributed by atoms with Crippen molar-refractivity contribution in [1.29, 1.82) is 0 Å². The van der Waals surface area contributed by atoms with Crippen LogP contribution in [0.3, 0.4) is 0 Å². The van der Waals surface area contributed by atoms with Crippen LogP contribution in [0.5, 0.6) is 0 Å². The minimum absolute atomic E-state index is 0.274. The first-order valence-corrected chi connectivity index (χ1v) is 11.6. The van der Waals surface area contributed by atoms with Gasteiger partial charge in [-0.05, 0) is 16.7 Å². The molecule has 0 aliphatic carbocycles. The van der Waals surface area contributed by atoms with E-state index in [2.05, 4.69) is 0 Å². The summed E-state index contributed by atoms with van der Waals surface area (Å²) in [5.74, 6) is 0. The van der Waals surface area contributed by atoms with Crippen LogP contribution < -0.4 is 5.73 Å². The molecule has 0 radical (unpaired) electrons. The minimum atomic E-state index is -0.630. The van der Waals surface area contributed by atoms with Crippen LogP contribution in [0.25, 0.3) is 0 Å². The quantitative estimate of drug-likeness (QED) is 0.462. The molecular weight excluding hydrogens is 430 g/mol. The van der Waals surface area contributed by atoms with Crippen molar-refractivity contribution in [2.45, 2.75) is 50.5 Å². The largest absolute Gasteiger partial charge is 0.368 e. The second-order valence-electron chi connectivity index (χ2n) is 8.30. The van der Waals surface area contributed by atoms with E-state index in [-0.39, 0.29) is 6.54 Å². The zero-order chi connectivity index (χ0) is 23.6. The highest BCUT2D eigenvalue weighted by Crippen LogP contribution is 2.30. The molecular formula is C28H33NO5. The first-order chi connectivity index (χ1) is 16.8. The number of nitrogens with two attached hydrogens (primary N) is 1. The van der Waals surface area contributed by atoms with Crippen molar-refractivity contribution >= 4 is 0 Å². The average molecular weight is 464 g/mol. The zero-order valence-electron chi connectivity index (χ0n) is 19.5. The number of methoxy groups -OCH3 is 1. The lowest BCUT2D eigenvalue weighted by atomic mass is 9.97. The van der Waals surface area contributed by atoms with E-state index in [1.807, 2.05) is 91.0 Å². The maximum atomic E-state index is 6.47. The average Bonchev–Trinajstić information content (AvgIpc) is 2.91. The zero-order valence-corrected chi connectivity index (χ0v) is 19.5. The molecule has 1 saturated heterocycles. The second-order valence-corrected chi connectivity index (χ2v) is 8.30. The summed E-state index contributed by atoms with van der Waals surface area (Å²) in [6.45, 7) is 1.50. The Bertz CT molecular complexity index is 899. The molecule has 1 aliphatic heterocycles. The molecule has 0 amide bonds. The fourth-order valence-electron chi connectivity index (χ4n) is 4.13. The Labute approximate surface area is 201 Å². The fourth-order valence-corrected chi connectivity index (χ4v) is 4.13. The molecule has 0 unspecified atom stereocenters. The first kappa shape index (κ1) is 24.5. The molecule has 0 saturated carbocycles. The summed E-state index contributed by atoms with van der Waals surface area (Å²) in [7, 11) is 1.61. The van der Waals surface area contributed by atoms with Crippen molar-refractivity contribution in [2.24, 2.45) is 5.73 Å². The predicted octanol–water partition coefficient (Wildman–Crippen LogP) is 4.07. The lowest BCUT2D eigenvalue weighted by molar-refractivity contribution is -0.315. The van der Waals surface area contributed by atoms with Crippen LogP contribution in [0.2, 0.25) is 0 Å². The van der Waals surface area contributed by atoms with E-state index in [9.17, 15) is 0 Å². The van der Waals surface area contributed by atoms with Crippen molar-refractivity contribution in [1.82, 2.24) is 0 Å². The van der Waals surface area contributed by atoms with Crippen LogP contribution in [0.1, 0.15) is 16.7 Å². The van der Waals surface area contributed by atoms with E-state index in [1.54, 1.807) is 7.11 Å². The molecule has 34 heavy (non-hydrogen) atoms. The summed E-state index contributed by atoms with van der Waals surface area (Å²) < 4.78 is 31.1. The number of hydrogen-bond donors (Lipinski definition) is 1. The molecule has 0 bridgehead atoms. The van der Waals surface area contributed by atoms with E-state index in [4.69, 9.17) is 29.4 Å². The van der Waals surface area contributed by atoms with Crippen LogP contribution in [-0.2, 0) is 43.5 Å². The van der Waals surface area contributed by atoms with E-state index < -0.39 is 30.7 Å². The Balaban J connectivity index is 1.56. The molecule has 6 nitrogen and oxygen atoms in total. The van der Waals surface area contributed by atoms with Crippen molar-refractivity contribution in [3.63, 3.8) is 0 Å². The van der Waals surface area contributed by atoms with Crippen LogP contribution in [0, 0.1) is 0 Å². The molecule has 5 atom stereocenters. The maximum Gasteiger partial charge on any atom is 0.186 e. The molecule has 3 aromatic rings.